The van der Waals surface area contributed by atoms with Gasteiger partial charge in [-0.2, -0.15) is 5.10 Å². The molecule has 4 aromatic rings. The molecular formula is C27H30ClF2N7O3. The summed E-state index contributed by atoms with van der Waals surface area (Å²) in [6.07, 6.45) is -1.56. The maximum absolute atomic E-state index is 13.1. The van der Waals surface area contributed by atoms with E-state index in [0.717, 1.165) is 22.4 Å². The van der Waals surface area contributed by atoms with E-state index in [-0.39, 0.29) is 6.61 Å². The zero-order valence-electron chi connectivity index (χ0n) is 22.6. The second-order valence-corrected chi connectivity index (χ2v) is 10.2. The molecule has 0 spiro atoms. The second-order valence-electron chi connectivity index (χ2n) is 9.75. The van der Waals surface area contributed by atoms with Gasteiger partial charge in [0.05, 0.1) is 40.4 Å². The van der Waals surface area contributed by atoms with Gasteiger partial charge < -0.3 is 24.6 Å². The number of aromatic nitrogens is 5. The van der Waals surface area contributed by atoms with Crippen LogP contribution in [0.5, 0.6) is 5.75 Å². The van der Waals surface area contributed by atoms with E-state index in [1.54, 1.807) is 31.4 Å². The van der Waals surface area contributed by atoms with Gasteiger partial charge in [0.2, 0.25) is 0 Å². The van der Waals surface area contributed by atoms with Crippen LogP contribution in [0.15, 0.2) is 28.9 Å². The van der Waals surface area contributed by atoms with Gasteiger partial charge in [0.1, 0.15) is 36.6 Å². The van der Waals surface area contributed by atoms with Crippen molar-refractivity contribution in [1.82, 2.24) is 30.2 Å². The number of hydrogen-bond donors (Lipinski definition) is 2. The molecule has 0 amide bonds. The topological polar surface area (TPSA) is 114 Å². The molecule has 0 radical (unpaired) electrons. The van der Waals surface area contributed by atoms with Crippen LogP contribution in [0.2, 0.25) is 5.02 Å². The van der Waals surface area contributed by atoms with Crippen molar-refractivity contribution in [3.05, 3.63) is 57.7 Å². The number of halogens is 3. The average molecular weight is 574 g/mol. The van der Waals surface area contributed by atoms with Gasteiger partial charge in [-0.25, -0.2) is 18.7 Å². The van der Waals surface area contributed by atoms with Crippen molar-refractivity contribution in [3.63, 3.8) is 0 Å². The zero-order valence-corrected chi connectivity index (χ0v) is 23.3. The fourth-order valence-corrected chi connectivity index (χ4v) is 5.10. The molecule has 40 heavy (non-hydrogen) atoms. The standard InChI is InChI=1S/C27H30ClF2N7O3/c1-14-25(24-15(2)35-40-16(24)3)33-26(20-7-19(5-6-21(20)28)39-13-18(38)9-31-4)34-27(14)36-10-17-8-32-37(12-23(29)30)22(17)11-36/h5-8,18,23,31,38H,9-13H2,1-4H3/t18-/m1/s1. The van der Waals surface area contributed by atoms with Crippen LogP contribution in [0.4, 0.5) is 14.6 Å². The monoisotopic (exact) mass is 573 g/mol. The van der Waals surface area contributed by atoms with E-state index < -0.39 is 19.1 Å². The molecule has 1 aliphatic heterocycles. The Morgan fingerprint density at radius 2 is 2.00 bits per heavy atom. The maximum atomic E-state index is 13.1. The Balaban J connectivity index is 1.58. The predicted octanol–water partition coefficient (Wildman–Crippen LogP) is 4.32. The van der Waals surface area contributed by atoms with Crippen molar-refractivity contribution < 1.29 is 23.1 Å². The smallest absolute Gasteiger partial charge is 0.257 e. The molecule has 13 heteroatoms. The van der Waals surface area contributed by atoms with Crippen molar-refractivity contribution in [2.45, 2.75) is 52.9 Å². The van der Waals surface area contributed by atoms with Crippen LogP contribution in [0.3, 0.4) is 0 Å². The summed E-state index contributed by atoms with van der Waals surface area (Å²) in [6.45, 7) is 6.41. The van der Waals surface area contributed by atoms with E-state index in [2.05, 4.69) is 15.6 Å². The number of nitrogens with zero attached hydrogens (tertiary/aromatic N) is 6. The number of aryl methyl sites for hydroxylation is 2. The Bertz CT molecular complexity index is 1500. The summed E-state index contributed by atoms with van der Waals surface area (Å²) >= 11 is 6.64. The average Bonchev–Trinajstić information content (AvgIpc) is 3.59. The van der Waals surface area contributed by atoms with Crippen LogP contribution < -0.4 is 15.0 Å². The van der Waals surface area contributed by atoms with E-state index in [0.29, 0.717) is 64.8 Å². The lowest BCUT2D eigenvalue weighted by Crippen LogP contribution is -2.29. The Hall–Kier alpha value is -3.61. The lowest BCUT2D eigenvalue weighted by atomic mass is 10.0. The van der Waals surface area contributed by atoms with Crippen molar-refractivity contribution in [1.29, 1.82) is 0 Å². The molecular weight excluding hydrogens is 544 g/mol. The molecule has 0 unspecified atom stereocenters. The number of aliphatic hydroxyl groups is 1. The predicted molar refractivity (Wildman–Crippen MR) is 146 cm³/mol. The summed E-state index contributed by atoms with van der Waals surface area (Å²) in [4.78, 5) is 11.8. The van der Waals surface area contributed by atoms with Crippen LogP contribution in [-0.4, -0.2) is 62.7 Å². The number of anilines is 1. The third kappa shape index (κ3) is 5.51. The number of likely N-dealkylation sites (N-methyl/N-ethyl adjacent to an activating group) is 1. The van der Waals surface area contributed by atoms with Crippen molar-refractivity contribution >= 4 is 17.4 Å². The first-order valence-electron chi connectivity index (χ1n) is 12.8. The fourth-order valence-electron chi connectivity index (χ4n) is 4.89. The van der Waals surface area contributed by atoms with Crippen molar-refractivity contribution in [2.75, 3.05) is 25.1 Å². The Morgan fingerprint density at radius 3 is 2.70 bits per heavy atom. The molecule has 0 saturated carbocycles. The Morgan fingerprint density at radius 1 is 1.20 bits per heavy atom. The molecule has 1 aromatic carbocycles. The minimum absolute atomic E-state index is 0.0912. The van der Waals surface area contributed by atoms with Gasteiger partial charge in [0.15, 0.2) is 5.82 Å². The van der Waals surface area contributed by atoms with Gasteiger partial charge in [-0.3, -0.25) is 4.68 Å². The summed E-state index contributed by atoms with van der Waals surface area (Å²) in [6, 6.07) is 5.15. The molecule has 0 bridgehead atoms. The van der Waals surface area contributed by atoms with Gasteiger partial charge in [-0.1, -0.05) is 16.8 Å². The highest BCUT2D eigenvalue weighted by Crippen LogP contribution is 2.39. The summed E-state index contributed by atoms with van der Waals surface area (Å²) < 4.78 is 38.9. The molecule has 10 nitrogen and oxygen atoms in total. The van der Waals surface area contributed by atoms with Crippen LogP contribution >= 0.6 is 11.6 Å². The van der Waals surface area contributed by atoms with Gasteiger partial charge in [0, 0.05) is 29.8 Å². The molecule has 2 N–H and O–H groups in total. The number of alkyl halides is 2. The van der Waals surface area contributed by atoms with E-state index >= 15 is 0 Å². The van der Waals surface area contributed by atoms with Crippen LogP contribution in [0.1, 0.15) is 28.3 Å². The highest BCUT2D eigenvalue weighted by Gasteiger charge is 2.30. The minimum Gasteiger partial charge on any atom is -0.491 e. The summed E-state index contributed by atoms with van der Waals surface area (Å²) in [5, 5.41) is 21.6. The number of aliphatic hydroxyl groups excluding tert-OH is 1. The van der Waals surface area contributed by atoms with Crippen LogP contribution in [0, 0.1) is 20.8 Å². The molecule has 0 saturated heterocycles. The summed E-state index contributed by atoms with van der Waals surface area (Å²) in [7, 11) is 1.75. The fraction of sp³-hybridized carbons (Fsp3) is 0.407. The number of hydrogen-bond acceptors (Lipinski definition) is 9. The molecule has 212 valence electrons. The van der Waals surface area contributed by atoms with Crippen LogP contribution in [0.25, 0.3) is 22.6 Å². The zero-order chi connectivity index (χ0) is 28.6. The molecule has 1 atom stereocenters. The van der Waals surface area contributed by atoms with Gasteiger partial charge in [-0.15, -0.1) is 0 Å². The number of fused-ring (bicyclic) bond motifs is 1. The van der Waals surface area contributed by atoms with E-state index in [4.69, 9.17) is 30.8 Å². The third-order valence-electron chi connectivity index (χ3n) is 6.80. The first kappa shape index (κ1) is 27.9. The van der Waals surface area contributed by atoms with E-state index in [1.807, 2.05) is 25.7 Å². The normalized spacial score (nSPS) is 13.8. The maximum Gasteiger partial charge on any atom is 0.257 e. The highest BCUT2D eigenvalue weighted by atomic mass is 35.5. The highest BCUT2D eigenvalue weighted by molar-refractivity contribution is 6.33. The number of benzene rings is 1. The summed E-state index contributed by atoms with van der Waals surface area (Å²) in [5.41, 5.74) is 4.98. The molecule has 3 aromatic heterocycles. The first-order valence-corrected chi connectivity index (χ1v) is 13.2. The molecule has 5 rings (SSSR count). The van der Waals surface area contributed by atoms with E-state index in [9.17, 15) is 13.9 Å². The number of ether oxygens (including phenoxy) is 1. The first-order chi connectivity index (χ1) is 19.2. The molecule has 0 aliphatic carbocycles. The number of rotatable bonds is 10. The SMILES string of the molecule is CNC[C@@H](O)COc1ccc(Cl)c(-c2nc(-c3c(C)noc3C)c(C)c(N3Cc4cnn(CC(F)F)c4C3)n2)c1. The summed E-state index contributed by atoms with van der Waals surface area (Å²) in [5.74, 6) is 2.09. The van der Waals surface area contributed by atoms with Gasteiger partial charge in [-0.05, 0) is 46.0 Å². The third-order valence-corrected chi connectivity index (χ3v) is 7.13. The molecule has 4 heterocycles. The number of nitrogens with one attached hydrogen (secondary N) is 1. The largest absolute Gasteiger partial charge is 0.491 e. The second kappa shape index (κ2) is 11.5. The quantitative estimate of drug-likeness (QED) is 0.286. The van der Waals surface area contributed by atoms with Crippen molar-refractivity contribution in [2.24, 2.45) is 0 Å². The molecule has 0 fully saturated rings. The van der Waals surface area contributed by atoms with Crippen LogP contribution in [-0.2, 0) is 19.6 Å². The Labute approximate surface area is 234 Å². The van der Waals surface area contributed by atoms with E-state index in [1.165, 1.54) is 4.68 Å². The van der Waals surface area contributed by atoms with Gasteiger partial charge in [0.25, 0.3) is 6.43 Å². The van der Waals surface area contributed by atoms with Crippen molar-refractivity contribution in [3.8, 4) is 28.4 Å². The van der Waals surface area contributed by atoms with Gasteiger partial charge >= 0.3 is 0 Å². The minimum atomic E-state index is -2.51. The lowest BCUT2D eigenvalue weighted by molar-refractivity contribution is 0.108. The Kier molecular flexibility index (Phi) is 8.02. The molecule has 1 aliphatic rings. The lowest BCUT2D eigenvalue weighted by Gasteiger charge is -2.22.